The monoisotopic (exact) mass is 304 g/mol. The van der Waals surface area contributed by atoms with Crippen molar-refractivity contribution in [1.82, 2.24) is 0 Å². The number of nitrogens with zero attached hydrogens (tertiary/aromatic N) is 2. The maximum atomic E-state index is 13.5. The summed E-state index contributed by atoms with van der Waals surface area (Å²) in [5.74, 6) is -0.744. The highest BCUT2D eigenvalue weighted by Crippen LogP contribution is 2.22. The summed E-state index contributed by atoms with van der Waals surface area (Å²) in [6.45, 7) is 5.36. The largest absolute Gasteiger partial charge is 0.618 e. The summed E-state index contributed by atoms with van der Waals surface area (Å²) in [4.78, 5) is 5.35. The van der Waals surface area contributed by atoms with Crippen molar-refractivity contribution in [3.63, 3.8) is 0 Å². The van der Waals surface area contributed by atoms with E-state index in [1.54, 1.807) is 32.9 Å². The minimum atomic E-state index is -0.601. The van der Waals surface area contributed by atoms with Gasteiger partial charge in [-0.2, -0.15) is 4.73 Å². The van der Waals surface area contributed by atoms with Gasteiger partial charge in [-0.3, -0.25) is 0 Å². The second kappa shape index (κ2) is 6.01. The van der Waals surface area contributed by atoms with Gasteiger partial charge in [-0.1, -0.05) is 5.16 Å². The van der Waals surface area contributed by atoms with E-state index in [1.807, 2.05) is 0 Å². The molecule has 0 unspecified atom stereocenters. The van der Waals surface area contributed by atoms with Gasteiger partial charge in [-0.25, -0.2) is 4.39 Å². The maximum Gasteiger partial charge on any atom is 0.246 e. The Kier molecular flexibility index (Phi) is 4.30. The number of aromatic nitrogens is 1. The van der Waals surface area contributed by atoms with Crippen LogP contribution in [-0.4, -0.2) is 16.4 Å². The Morgan fingerprint density at radius 3 is 2.64 bits per heavy atom. The predicted molar refractivity (Wildman–Crippen MR) is 79.9 cm³/mol. The number of benzene rings is 1. The number of oxime groups is 1. The Hall–Kier alpha value is -2.63. The standard InChI is InChI=1S/C16H17FN2O3/c1-16(2,3)22-18-15(13-6-4-5-9-19(13)21)12-10-11(17)7-8-14(12)20/h4-10,20H,1-3H3/b18-15-. The highest BCUT2D eigenvalue weighted by atomic mass is 19.1. The number of aromatic hydroxyl groups is 1. The maximum absolute atomic E-state index is 13.5. The molecule has 0 atom stereocenters. The Labute approximate surface area is 127 Å². The summed E-state index contributed by atoms with van der Waals surface area (Å²) < 4.78 is 14.1. The second-order valence-electron chi connectivity index (χ2n) is 5.72. The molecule has 1 N–H and O–H groups in total. The van der Waals surface area contributed by atoms with Gasteiger partial charge in [0.15, 0.2) is 11.9 Å². The van der Waals surface area contributed by atoms with Crippen LogP contribution in [0.2, 0.25) is 0 Å². The van der Waals surface area contributed by atoms with Crippen molar-refractivity contribution in [2.24, 2.45) is 5.16 Å². The first-order valence-corrected chi connectivity index (χ1v) is 6.71. The number of phenols is 1. The highest BCUT2D eigenvalue weighted by Gasteiger charge is 2.22. The fourth-order valence-electron chi connectivity index (χ4n) is 1.73. The molecule has 1 aromatic carbocycles. The Morgan fingerprint density at radius 1 is 1.27 bits per heavy atom. The smallest absolute Gasteiger partial charge is 0.246 e. The summed E-state index contributed by atoms with van der Waals surface area (Å²) in [5.41, 5.74) is -0.313. The zero-order valence-corrected chi connectivity index (χ0v) is 12.6. The number of pyridine rings is 1. The zero-order valence-electron chi connectivity index (χ0n) is 12.6. The van der Waals surface area contributed by atoms with Crippen LogP contribution in [0.1, 0.15) is 32.0 Å². The third-order valence-electron chi connectivity index (χ3n) is 2.69. The number of rotatable bonds is 3. The topological polar surface area (TPSA) is 68.8 Å². The van der Waals surface area contributed by atoms with Crippen LogP contribution in [0.25, 0.3) is 0 Å². The van der Waals surface area contributed by atoms with E-state index in [-0.39, 0.29) is 22.7 Å². The summed E-state index contributed by atoms with van der Waals surface area (Å²) in [6.07, 6.45) is 1.29. The van der Waals surface area contributed by atoms with Crippen molar-refractivity contribution in [3.05, 3.63) is 64.9 Å². The second-order valence-corrected chi connectivity index (χ2v) is 5.72. The fraction of sp³-hybridized carbons (Fsp3) is 0.250. The van der Waals surface area contributed by atoms with Gasteiger partial charge in [0.25, 0.3) is 0 Å². The van der Waals surface area contributed by atoms with Gasteiger partial charge >= 0.3 is 0 Å². The van der Waals surface area contributed by atoms with Crippen LogP contribution >= 0.6 is 0 Å². The summed E-state index contributed by atoms with van der Waals surface area (Å²) in [7, 11) is 0. The van der Waals surface area contributed by atoms with E-state index in [1.165, 1.54) is 18.3 Å². The van der Waals surface area contributed by atoms with Crippen molar-refractivity contribution in [1.29, 1.82) is 0 Å². The molecule has 6 heteroatoms. The molecular formula is C16H17FN2O3. The molecule has 2 aromatic rings. The minimum absolute atomic E-state index is 0.0579. The SMILES string of the molecule is CC(C)(C)O/N=C(/c1cc(F)ccc1O)c1cccc[n+]1[O-]. The van der Waals surface area contributed by atoms with Crippen LogP contribution < -0.4 is 4.73 Å². The van der Waals surface area contributed by atoms with E-state index in [9.17, 15) is 14.7 Å². The zero-order chi connectivity index (χ0) is 16.3. The molecule has 0 amide bonds. The van der Waals surface area contributed by atoms with E-state index in [2.05, 4.69) is 5.16 Å². The van der Waals surface area contributed by atoms with Crippen LogP contribution in [0.15, 0.2) is 47.8 Å². The molecule has 22 heavy (non-hydrogen) atoms. The lowest BCUT2D eigenvalue weighted by Crippen LogP contribution is -2.35. The molecule has 0 spiro atoms. The average molecular weight is 304 g/mol. The fourth-order valence-corrected chi connectivity index (χ4v) is 1.73. The van der Waals surface area contributed by atoms with Gasteiger partial charge in [-0.05, 0) is 45.0 Å². The van der Waals surface area contributed by atoms with Gasteiger partial charge < -0.3 is 15.2 Å². The first kappa shape index (κ1) is 15.8. The Balaban J connectivity index is 2.61. The average Bonchev–Trinajstić information content (AvgIpc) is 2.43. The molecule has 116 valence electrons. The first-order chi connectivity index (χ1) is 10.3. The predicted octanol–water partition coefficient (Wildman–Crippen LogP) is 2.73. The first-order valence-electron chi connectivity index (χ1n) is 6.71. The van der Waals surface area contributed by atoms with Crippen molar-refractivity contribution < 1.29 is 19.1 Å². The van der Waals surface area contributed by atoms with Crippen molar-refractivity contribution in [2.75, 3.05) is 0 Å². The lowest BCUT2D eigenvalue weighted by Gasteiger charge is -2.17. The molecule has 5 nitrogen and oxygen atoms in total. The van der Waals surface area contributed by atoms with Crippen LogP contribution in [0.5, 0.6) is 5.75 Å². The molecular weight excluding hydrogens is 287 g/mol. The van der Waals surface area contributed by atoms with E-state index >= 15 is 0 Å². The number of halogens is 1. The summed E-state index contributed by atoms with van der Waals surface area (Å²) >= 11 is 0. The molecule has 0 fully saturated rings. The lowest BCUT2D eigenvalue weighted by atomic mass is 10.1. The molecule has 0 aliphatic rings. The molecule has 0 saturated carbocycles. The van der Waals surface area contributed by atoms with Gasteiger partial charge in [0.05, 0.1) is 5.56 Å². The number of hydrogen-bond donors (Lipinski definition) is 1. The molecule has 0 bridgehead atoms. The minimum Gasteiger partial charge on any atom is -0.618 e. The van der Waals surface area contributed by atoms with Gasteiger partial charge in [0, 0.05) is 12.1 Å². The lowest BCUT2D eigenvalue weighted by molar-refractivity contribution is -0.606. The quantitative estimate of drug-likeness (QED) is 0.410. The molecule has 2 rings (SSSR count). The Morgan fingerprint density at radius 2 is 2.00 bits per heavy atom. The van der Waals surface area contributed by atoms with Crippen LogP contribution in [0.4, 0.5) is 4.39 Å². The van der Waals surface area contributed by atoms with Crippen LogP contribution in [-0.2, 0) is 4.84 Å². The number of hydrogen-bond acceptors (Lipinski definition) is 4. The van der Waals surface area contributed by atoms with Crippen molar-refractivity contribution in [2.45, 2.75) is 26.4 Å². The third-order valence-corrected chi connectivity index (χ3v) is 2.69. The van der Waals surface area contributed by atoms with E-state index in [0.29, 0.717) is 4.73 Å². The van der Waals surface area contributed by atoms with Gasteiger partial charge in [0.2, 0.25) is 5.69 Å². The molecule has 0 aliphatic heterocycles. The number of phenolic OH excluding ortho intramolecular Hbond substituents is 1. The third kappa shape index (κ3) is 3.72. The van der Waals surface area contributed by atoms with E-state index in [4.69, 9.17) is 4.84 Å². The van der Waals surface area contributed by atoms with Crippen molar-refractivity contribution >= 4 is 5.71 Å². The van der Waals surface area contributed by atoms with Gasteiger partial charge in [-0.15, -0.1) is 0 Å². The molecule has 0 radical (unpaired) electrons. The van der Waals surface area contributed by atoms with Crippen LogP contribution in [0, 0.1) is 11.0 Å². The molecule has 0 saturated heterocycles. The molecule has 1 heterocycles. The molecule has 1 aromatic heterocycles. The van der Waals surface area contributed by atoms with E-state index < -0.39 is 11.4 Å². The highest BCUT2D eigenvalue weighted by molar-refractivity contribution is 6.12. The van der Waals surface area contributed by atoms with Gasteiger partial charge in [0.1, 0.15) is 17.2 Å². The van der Waals surface area contributed by atoms with E-state index in [0.717, 1.165) is 12.1 Å². The normalized spacial score (nSPS) is 12.3. The summed E-state index contributed by atoms with van der Waals surface area (Å²) in [5, 5.41) is 25.9. The molecule has 0 aliphatic carbocycles. The Bertz CT molecular complexity index is 709. The summed E-state index contributed by atoms with van der Waals surface area (Å²) in [6, 6.07) is 8.15. The van der Waals surface area contributed by atoms with Crippen LogP contribution in [0.3, 0.4) is 0 Å². The van der Waals surface area contributed by atoms with Crippen molar-refractivity contribution in [3.8, 4) is 5.75 Å².